The third kappa shape index (κ3) is 1.84. The van der Waals surface area contributed by atoms with Crippen LogP contribution in [0.4, 0.5) is 0 Å². The molecule has 0 aromatic carbocycles. The molecule has 4 fully saturated rings. The van der Waals surface area contributed by atoms with Crippen LogP contribution in [0.25, 0.3) is 0 Å². The van der Waals surface area contributed by atoms with E-state index in [1.54, 1.807) is 12.4 Å². The zero-order valence-corrected chi connectivity index (χ0v) is 11.8. The summed E-state index contributed by atoms with van der Waals surface area (Å²) >= 11 is 6.23. The first-order valence-electron chi connectivity index (χ1n) is 7.46. The van der Waals surface area contributed by atoms with Gasteiger partial charge in [-0.2, -0.15) is 0 Å². The van der Waals surface area contributed by atoms with Crippen LogP contribution in [-0.2, 0) is 6.42 Å². The number of hydrogen-bond acceptors (Lipinski definition) is 2. The van der Waals surface area contributed by atoms with E-state index in [2.05, 4.69) is 4.98 Å². The van der Waals surface area contributed by atoms with Gasteiger partial charge >= 0.3 is 0 Å². The summed E-state index contributed by atoms with van der Waals surface area (Å²) in [5.74, 6) is 2.76. The second kappa shape index (κ2) is 4.20. The first-order chi connectivity index (χ1) is 9.15. The highest BCUT2D eigenvalue weighted by molar-refractivity contribution is 6.31. The van der Waals surface area contributed by atoms with Crippen molar-refractivity contribution in [1.29, 1.82) is 0 Å². The average molecular weight is 278 g/mol. The predicted octanol–water partition coefficient (Wildman–Crippen LogP) is 3.46. The minimum atomic E-state index is -0.515. The Bertz CT molecular complexity index is 473. The molecule has 0 atom stereocenters. The standard InChI is InChI=1S/C16H20ClNO/c17-15-9-18-2-1-12(15)8-16(19)13-4-10-3-11(6-13)7-14(16)5-10/h1-2,9-11,13-14,19H,3-8H2. The second-order valence-corrected chi connectivity index (χ2v) is 7.35. The summed E-state index contributed by atoms with van der Waals surface area (Å²) in [5, 5.41) is 12.0. The van der Waals surface area contributed by atoms with Gasteiger partial charge in [-0.05, 0) is 67.4 Å². The summed E-state index contributed by atoms with van der Waals surface area (Å²) < 4.78 is 0. The maximum Gasteiger partial charge on any atom is 0.0744 e. The van der Waals surface area contributed by atoms with Crippen molar-refractivity contribution < 1.29 is 5.11 Å². The molecular weight excluding hydrogens is 258 g/mol. The Morgan fingerprint density at radius 2 is 1.79 bits per heavy atom. The number of pyridine rings is 1. The van der Waals surface area contributed by atoms with Gasteiger partial charge in [-0.1, -0.05) is 11.6 Å². The molecule has 0 amide bonds. The van der Waals surface area contributed by atoms with Crippen LogP contribution < -0.4 is 0 Å². The summed E-state index contributed by atoms with van der Waals surface area (Å²) in [5.41, 5.74) is 0.546. The minimum absolute atomic E-state index is 0.494. The van der Waals surface area contributed by atoms with Crippen LogP contribution in [0.1, 0.15) is 37.7 Å². The van der Waals surface area contributed by atoms with Gasteiger partial charge in [0.05, 0.1) is 10.6 Å². The largest absolute Gasteiger partial charge is 0.389 e. The molecule has 0 spiro atoms. The number of halogens is 1. The molecule has 2 nitrogen and oxygen atoms in total. The van der Waals surface area contributed by atoms with E-state index in [1.807, 2.05) is 6.07 Å². The lowest BCUT2D eigenvalue weighted by molar-refractivity contribution is -0.171. The fourth-order valence-electron chi connectivity index (χ4n) is 5.14. The molecule has 0 aliphatic heterocycles. The van der Waals surface area contributed by atoms with E-state index in [0.29, 0.717) is 23.3 Å². The Morgan fingerprint density at radius 1 is 1.16 bits per heavy atom. The Balaban J connectivity index is 1.65. The Hall–Kier alpha value is -0.600. The lowest BCUT2D eigenvalue weighted by Crippen LogP contribution is -2.58. The average Bonchev–Trinajstić information content (AvgIpc) is 2.38. The van der Waals surface area contributed by atoms with Gasteiger partial charge in [-0.3, -0.25) is 4.98 Å². The molecule has 19 heavy (non-hydrogen) atoms. The third-order valence-electron chi connectivity index (χ3n) is 5.88. The van der Waals surface area contributed by atoms with Crippen LogP contribution >= 0.6 is 11.6 Å². The molecule has 4 aliphatic rings. The van der Waals surface area contributed by atoms with E-state index in [0.717, 1.165) is 17.4 Å². The van der Waals surface area contributed by atoms with Gasteiger partial charge < -0.3 is 5.11 Å². The fraction of sp³-hybridized carbons (Fsp3) is 0.688. The molecule has 3 heteroatoms. The first-order valence-corrected chi connectivity index (χ1v) is 7.83. The first kappa shape index (κ1) is 12.2. The highest BCUT2D eigenvalue weighted by Gasteiger charge is 2.56. The maximum atomic E-state index is 11.3. The van der Waals surface area contributed by atoms with Crippen molar-refractivity contribution in [2.45, 2.75) is 44.1 Å². The predicted molar refractivity (Wildman–Crippen MR) is 74.9 cm³/mol. The lowest BCUT2D eigenvalue weighted by Gasteiger charge is -2.59. The van der Waals surface area contributed by atoms with Gasteiger partial charge in [-0.25, -0.2) is 0 Å². The van der Waals surface area contributed by atoms with Gasteiger partial charge in [0, 0.05) is 18.8 Å². The summed E-state index contributed by atoms with van der Waals surface area (Å²) in [6.07, 6.45) is 10.5. The fourth-order valence-corrected chi connectivity index (χ4v) is 5.33. The van der Waals surface area contributed by atoms with Gasteiger partial charge in [0.15, 0.2) is 0 Å². The number of aromatic nitrogens is 1. The monoisotopic (exact) mass is 277 g/mol. The van der Waals surface area contributed by atoms with Gasteiger partial charge in [-0.15, -0.1) is 0 Å². The van der Waals surface area contributed by atoms with Crippen LogP contribution in [0.2, 0.25) is 5.02 Å². The van der Waals surface area contributed by atoms with Crippen LogP contribution in [0.5, 0.6) is 0 Å². The quantitative estimate of drug-likeness (QED) is 0.898. The molecule has 1 heterocycles. The third-order valence-corrected chi connectivity index (χ3v) is 6.22. The van der Waals surface area contributed by atoms with Gasteiger partial charge in [0.1, 0.15) is 0 Å². The molecule has 5 rings (SSSR count). The maximum absolute atomic E-state index is 11.3. The molecule has 1 aromatic heterocycles. The van der Waals surface area contributed by atoms with Crippen molar-refractivity contribution >= 4 is 11.6 Å². The Labute approximate surface area is 119 Å². The van der Waals surface area contributed by atoms with Crippen molar-refractivity contribution in [3.05, 3.63) is 29.0 Å². The molecule has 1 N–H and O–H groups in total. The van der Waals surface area contributed by atoms with E-state index in [4.69, 9.17) is 11.6 Å². The Morgan fingerprint density at radius 3 is 2.37 bits per heavy atom. The molecule has 1 aromatic rings. The van der Waals surface area contributed by atoms with E-state index < -0.39 is 5.60 Å². The van der Waals surface area contributed by atoms with Crippen molar-refractivity contribution in [2.75, 3.05) is 0 Å². The molecule has 102 valence electrons. The van der Waals surface area contributed by atoms with E-state index >= 15 is 0 Å². The van der Waals surface area contributed by atoms with E-state index in [1.165, 1.54) is 32.1 Å². The molecule has 4 saturated carbocycles. The number of rotatable bonds is 2. The lowest BCUT2D eigenvalue weighted by atomic mass is 9.49. The Kier molecular flexibility index (Phi) is 2.69. The summed E-state index contributed by atoms with van der Waals surface area (Å²) in [4.78, 5) is 4.04. The van der Waals surface area contributed by atoms with E-state index in [9.17, 15) is 5.11 Å². The van der Waals surface area contributed by atoms with Crippen molar-refractivity contribution in [3.63, 3.8) is 0 Å². The highest BCUT2D eigenvalue weighted by atomic mass is 35.5. The van der Waals surface area contributed by atoms with Crippen LogP contribution in [-0.4, -0.2) is 15.7 Å². The zero-order valence-electron chi connectivity index (χ0n) is 11.1. The summed E-state index contributed by atoms with van der Waals surface area (Å²) in [7, 11) is 0. The molecule has 4 bridgehead atoms. The number of nitrogens with zero attached hydrogens (tertiary/aromatic N) is 1. The van der Waals surface area contributed by atoms with Crippen LogP contribution in [0, 0.1) is 23.7 Å². The molecule has 4 aliphatic carbocycles. The molecule has 0 unspecified atom stereocenters. The topological polar surface area (TPSA) is 33.1 Å². The highest BCUT2D eigenvalue weighted by Crippen LogP contribution is 2.59. The van der Waals surface area contributed by atoms with Gasteiger partial charge in [0.2, 0.25) is 0 Å². The summed E-state index contributed by atoms with van der Waals surface area (Å²) in [6, 6.07) is 1.96. The van der Waals surface area contributed by atoms with Crippen molar-refractivity contribution in [3.8, 4) is 0 Å². The smallest absolute Gasteiger partial charge is 0.0744 e. The second-order valence-electron chi connectivity index (χ2n) is 6.94. The number of hydrogen-bond donors (Lipinski definition) is 1. The normalized spacial score (nSPS) is 43.7. The zero-order chi connectivity index (χ0) is 13.0. The van der Waals surface area contributed by atoms with Crippen LogP contribution in [0.3, 0.4) is 0 Å². The van der Waals surface area contributed by atoms with E-state index in [-0.39, 0.29) is 0 Å². The molecule has 0 radical (unpaired) electrons. The van der Waals surface area contributed by atoms with Gasteiger partial charge in [0.25, 0.3) is 0 Å². The molecular formula is C16H20ClNO. The number of aliphatic hydroxyl groups is 1. The SMILES string of the molecule is OC1(Cc2ccncc2Cl)C2CC3CC(C2)CC1C3. The van der Waals surface area contributed by atoms with Crippen molar-refractivity contribution in [2.24, 2.45) is 23.7 Å². The molecule has 0 saturated heterocycles. The minimum Gasteiger partial charge on any atom is -0.389 e. The van der Waals surface area contributed by atoms with Crippen LogP contribution in [0.15, 0.2) is 18.5 Å². The van der Waals surface area contributed by atoms with Crippen molar-refractivity contribution in [1.82, 2.24) is 4.98 Å². The summed E-state index contributed by atoms with van der Waals surface area (Å²) in [6.45, 7) is 0.